The number of benzene rings is 1. The van der Waals surface area contributed by atoms with Crippen molar-refractivity contribution in [3.63, 3.8) is 0 Å². The maximum absolute atomic E-state index is 13.0. The maximum atomic E-state index is 13.0. The summed E-state index contributed by atoms with van der Waals surface area (Å²) in [4.78, 5) is 29.3. The van der Waals surface area contributed by atoms with E-state index in [1.807, 2.05) is 0 Å². The lowest BCUT2D eigenvalue weighted by Gasteiger charge is -2.22. The van der Waals surface area contributed by atoms with Crippen LogP contribution >= 0.6 is 23.2 Å². The number of hydrogen-bond donors (Lipinski definition) is 1. The van der Waals surface area contributed by atoms with Gasteiger partial charge in [0, 0.05) is 12.4 Å². The van der Waals surface area contributed by atoms with E-state index in [1.54, 1.807) is 43.7 Å². The Morgan fingerprint density at radius 3 is 2.29 bits per heavy atom. The molecule has 0 saturated carbocycles. The Morgan fingerprint density at radius 1 is 1.15 bits per heavy atom. The number of aromatic nitrogens is 2. The molecule has 1 aromatic carbocycles. The van der Waals surface area contributed by atoms with Gasteiger partial charge in [-0.1, -0.05) is 35.3 Å². The van der Waals surface area contributed by atoms with Crippen molar-refractivity contribution in [2.75, 3.05) is 7.11 Å². The molecule has 182 valence electrons. The number of aryl methyl sites for hydroxylation is 2. The predicted octanol–water partition coefficient (Wildman–Crippen LogP) is 4.40. The van der Waals surface area contributed by atoms with E-state index < -0.39 is 26.6 Å². The smallest absolute Gasteiger partial charge is 0.327 e. The number of ether oxygens (including phenoxy) is 1. The summed E-state index contributed by atoms with van der Waals surface area (Å²) in [6.07, 6.45) is 0. The van der Waals surface area contributed by atoms with Crippen molar-refractivity contribution in [2.45, 2.75) is 43.4 Å². The summed E-state index contributed by atoms with van der Waals surface area (Å²) in [5.74, 6) is -1.21. The number of rotatable bonds is 6. The van der Waals surface area contributed by atoms with E-state index in [1.165, 1.54) is 26.0 Å². The van der Waals surface area contributed by atoms with Gasteiger partial charge in [0.2, 0.25) is 0 Å². The monoisotopic (exact) mass is 525 g/mol. The van der Waals surface area contributed by atoms with Crippen LogP contribution in [0.3, 0.4) is 0 Å². The summed E-state index contributed by atoms with van der Waals surface area (Å²) in [6, 6.07) is 7.18. The van der Waals surface area contributed by atoms with E-state index in [-0.39, 0.29) is 10.8 Å². The number of nitrogens with zero attached hydrogens (tertiary/aromatic N) is 2. The highest BCUT2D eigenvalue weighted by molar-refractivity contribution is 7.93. The van der Waals surface area contributed by atoms with E-state index in [4.69, 9.17) is 23.2 Å². The zero-order chi connectivity index (χ0) is 25.6. The van der Waals surface area contributed by atoms with Crippen molar-refractivity contribution in [1.82, 2.24) is 14.9 Å². The summed E-state index contributed by atoms with van der Waals surface area (Å²) >= 11 is 12.5. The molecule has 0 aliphatic carbocycles. The van der Waals surface area contributed by atoms with Crippen molar-refractivity contribution in [2.24, 2.45) is 7.05 Å². The highest BCUT2D eigenvalue weighted by atomic mass is 35.5. The number of sulfone groups is 1. The Morgan fingerprint density at radius 2 is 1.74 bits per heavy atom. The molecule has 2 aromatic heterocycles. The summed E-state index contributed by atoms with van der Waals surface area (Å²) in [7, 11) is -1.13. The van der Waals surface area contributed by atoms with Crippen LogP contribution in [0.1, 0.15) is 48.6 Å². The number of carbonyl (C=O) groups is 2. The third-order valence-electron chi connectivity index (χ3n) is 5.84. The van der Waals surface area contributed by atoms with Crippen LogP contribution in [0.2, 0.25) is 10.0 Å². The van der Waals surface area contributed by atoms with Gasteiger partial charge in [0.05, 0.1) is 33.8 Å². The molecule has 0 aliphatic rings. The Bertz CT molecular complexity index is 1400. The Balaban J connectivity index is 1.85. The number of fused-ring (bicyclic) bond motifs is 1. The van der Waals surface area contributed by atoms with E-state index in [0.29, 0.717) is 38.0 Å². The van der Waals surface area contributed by atoms with Gasteiger partial charge in [-0.25, -0.2) is 13.4 Å². The van der Waals surface area contributed by atoms with E-state index >= 15 is 0 Å². The highest BCUT2D eigenvalue weighted by Gasteiger charge is 2.44. The quantitative estimate of drug-likeness (QED) is 0.477. The van der Waals surface area contributed by atoms with Crippen LogP contribution in [0.5, 0.6) is 0 Å². The van der Waals surface area contributed by atoms with E-state index in [0.717, 1.165) is 7.11 Å². The zero-order valence-electron chi connectivity index (χ0n) is 19.6. The summed E-state index contributed by atoms with van der Waals surface area (Å²) < 4.78 is 30.3. The first-order chi connectivity index (χ1) is 15.7. The lowest BCUT2D eigenvalue weighted by atomic mass is 10.1. The second-order valence-corrected chi connectivity index (χ2v) is 11.7. The largest absolute Gasteiger partial charge is 0.468 e. The first kappa shape index (κ1) is 26.0. The molecule has 8 nitrogen and oxygen atoms in total. The van der Waals surface area contributed by atoms with Crippen LogP contribution in [0.4, 0.5) is 0 Å². The molecule has 1 amide bonds. The number of methoxy groups -OCH3 is 1. The zero-order valence-corrected chi connectivity index (χ0v) is 21.9. The van der Waals surface area contributed by atoms with Gasteiger partial charge < -0.3 is 14.6 Å². The fraction of sp³-hybridized carbons (Fsp3) is 0.348. The average Bonchev–Trinajstić information content (AvgIpc) is 3.13. The molecule has 34 heavy (non-hydrogen) atoms. The van der Waals surface area contributed by atoms with Crippen LogP contribution in [0.25, 0.3) is 11.0 Å². The molecule has 0 fully saturated rings. The van der Waals surface area contributed by atoms with Gasteiger partial charge in [0.1, 0.15) is 11.3 Å². The number of pyridine rings is 1. The van der Waals surface area contributed by atoms with Gasteiger partial charge in [0.25, 0.3) is 5.91 Å². The molecule has 11 heteroatoms. The maximum Gasteiger partial charge on any atom is 0.327 e. The Labute approximate surface area is 208 Å². The molecular weight excluding hydrogens is 501 g/mol. The van der Waals surface area contributed by atoms with Crippen LogP contribution < -0.4 is 5.32 Å². The first-order valence-corrected chi connectivity index (χ1v) is 12.5. The molecule has 0 saturated heterocycles. The van der Waals surface area contributed by atoms with Gasteiger partial charge in [-0.3, -0.25) is 9.59 Å². The Hall–Kier alpha value is -2.62. The summed E-state index contributed by atoms with van der Waals surface area (Å²) in [5, 5.41) is 4.13. The fourth-order valence-corrected chi connectivity index (χ4v) is 5.34. The topological polar surface area (TPSA) is 107 Å². The van der Waals surface area contributed by atoms with Crippen LogP contribution in [0, 0.1) is 6.92 Å². The van der Waals surface area contributed by atoms with Gasteiger partial charge in [-0.05, 0) is 51.5 Å². The van der Waals surface area contributed by atoms with Gasteiger partial charge >= 0.3 is 5.97 Å². The fourth-order valence-electron chi connectivity index (χ4n) is 3.53. The number of esters is 1. The number of nitrogens with one attached hydrogen (secondary N) is 1. The molecule has 0 spiro atoms. The van der Waals surface area contributed by atoms with Crippen molar-refractivity contribution in [3.05, 3.63) is 57.3 Å². The number of halogens is 2. The third kappa shape index (κ3) is 4.28. The second-order valence-electron chi connectivity index (χ2n) is 8.42. The lowest BCUT2D eigenvalue weighted by Crippen LogP contribution is -2.41. The molecule has 0 bridgehead atoms. The molecule has 0 radical (unpaired) electrons. The summed E-state index contributed by atoms with van der Waals surface area (Å²) in [6.45, 7) is 6.10. The Kier molecular flexibility index (Phi) is 7.04. The van der Waals surface area contributed by atoms with Gasteiger partial charge in [0.15, 0.2) is 14.6 Å². The SMILES string of the molecule is COC(=O)C(C)(C)S(=O)(=O)c1ccc([C@@H](C)NC(=O)c2cc3c(Cl)c(Cl)c(C)nc3n2C)cc1. The van der Waals surface area contributed by atoms with Crippen LogP contribution in [-0.2, 0) is 26.4 Å². The molecule has 1 N–H and O–H groups in total. The first-order valence-electron chi connectivity index (χ1n) is 10.3. The van der Waals surface area contributed by atoms with Crippen molar-refractivity contribution in [1.29, 1.82) is 0 Å². The minimum Gasteiger partial charge on any atom is -0.468 e. The minimum absolute atomic E-state index is 0.0215. The van der Waals surface area contributed by atoms with E-state index in [9.17, 15) is 18.0 Å². The van der Waals surface area contributed by atoms with Crippen molar-refractivity contribution < 1.29 is 22.7 Å². The van der Waals surface area contributed by atoms with Gasteiger partial charge in [-0.2, -0.15) is 0 Å². The third-order valence-corrected chi connectivity index (χ3v) is 9.20. The minimum atomic E-state index is -3.99. The lowest BCUT2D eigenvalue weighted by molar-refractivity contribution is -0.142. The number of amides is 1. The highest BCUT2D eigenvalue weighted by Crippen LogP contribution is 2.33. The second kappa shape index (κ2) is 9.20. The molecule has 0 unspecified atom stereocenters. The number of carbonyl (C=O) groups excluding carboxylic acids is 2. The number of hydrogen-bond acceptors (Lipinski definition) is 6. The molecule has 3 aromatic rings. The summed E-state index contributed by atoms with van der Waals surface area (Å²) in [5.41, 5.74) is 2.12. The van der Waals surface area contributed by atoms with Crippen molar-refractivity contribution in [3.8, 4) is 0 Å². The van der Waals surface area contributed by atoms with Crippen LogP contribution in [0.15, 0.2) is 35.2 Å². The van der Waals surface area contributed by atoms with Crippen LogP contribution in [-0.4, -0.2) is 41.7 Å². The molecule has 3 rings (SSSR count). The normalized spacial score (nSPS) is 13.1. The van der Waals surface area contributed by atoms with Gasteiger partial charge in [-0.15, -0.1) is 0 Å². The molecule has 2 heterocycles. The average molecular weight is 526 g/mol. The van der Waals surface area contributed by atoms with Crippen molar-refractivity contribution >= 4 is 55.9 Å². The van der Waals surface area contributed by atoms with E-state index in [2.05, 4.69) is 15.0 Å². The standard InChI is InChI=1S/C23H25Cl2N3O5S/c1-12(14-7-9-15(10-8-14)34(31,32)23(3,4)22(30)33-6)27-21(29)17-11-16-19(25)18(24)13(2)26-20(16)28(17)5/h7-12H,1-6H3,(H,27,29)/t12-/m1/s1. The molecule has 1 atom stereocenters. The molecular formula is C23H25Cl2N3O5S. The molecule has 0 aliphatic heterocycles. The predicted molar refractivity (Wildman–Crippen MR) is 131 cm³/mol.